The van der Waals surface area contributed by atoms with E-state index in [-0.39, 0.29) is 0 Å². The van der Waals surface area contributed by atoms with Crippen molar-refractivity contribution in [1.29, 1.82) is 0 Å². The number of aromatic nitrogens is 4. The van der Waals surface area contributed by atoms with E-state index in [1.54, 1.807) is 6.20 Å². The molecule has 0 radical (unpaired) electrons. The Balaban J connectivity index is 2.22. The third-order valence-corrected chi connectivity index (χ3v) is 3.39. The molecule has 6 heteroatoms. The van der Waals surface area contributed by atoms with Crippen molar-refractivity contribution in [1.82, 2.24) is 19.5 Å². The van der Waals surface area contributed by atoms with Crippen LogP contribution >= 0.6 is 11.6 Å². The van der Waals surface area contributed by atoms with Crippen LogP contribution in [0.15, 0.2) is 12.3 Å². The second-order valence-electron chi connectivity index (χ2n) is 4.53. The van der Waals surface area contributed by atoms with E-state index in [4.69, 9.17) is 11.6 Å². The minimum absolute atomic E-state index is 0.636. The second-order valence-corrected chi connectivity index (χ2v) is 4.92. The first-order chi connectivity index (χ1) is 9.01. The maximum absolute atomic E-state index is 5.99. The van der Waals surface area contributed by atoms with Crippen LogP contribution < -0.4 is 4.90 Å². The van der Waals surface area contributed by atoms with E-state index >= 15 is 0 Å². The quantitative estimate of drug-likeness (QED) is 0.862. The number of halogens is 1. The fraction of sp³-hybridized carbons (Fsp3) is 0.462. The van der Waals surface area contributed by atoms with Crippen LogP contribution in [-0.2, 0) is 20.0 Å². The van der Waals surface area contributed by atoms with E-state index in [0.717, 1.165) is 29.6 Å². The first kappa shape index (κ1) is 13.8. The van der Waals surface area contributed by atoms with E-state index < -0.39 is 0 Å². The molecule has 0 aromatic carbocycles. The highest BCUT2D eigenvalue weighted by molar-refractivity contribution is 6.29. The second kappa shape index (κ2) is 5.57. The van der Waals surface area contributed by atoms with Gasteiger partial charge in [0.15, 0.2) is 0 Å². The highest BCUT2D eigenvalue weighted by atomic mass is 35.5. The molecule has 2 aromatic heterocycles. The summed E-state index contributed by atoms with van der Waals surface area (Å²) in [5, 5.41) is 0.636. The molecule has 0 unspecified atom stereocenters. The van der Waals surface area contributed by atoms with E-state index in [1.165, 1.54) is 0 Å². The van der Waals surface area contributed by atoms with Crippen LogP contribution in [0.1, 0.15) is 24.3 Å². The van der Waals surface area contributed by atoms with Crippen molar-refractivity contribution in [2.45, 2.75) is 26.8 Å². The standard InChI is InChI=1S/C13H18ClN5/c1-5-10-6-12(17-9(2)16-10)18(3)8-13-15-7-11(14)19(13)4/h6-7H,5,8H2,1-4H3. The minimum atomic E-state index is 0.636. The van der Waals surface area contributed by atoms with Gasteiger partial charge in [-0.1, -0.05) is 18.5 Å². The minimum Gasteiger partial charge on any atom is -0.352 e. The van der Waals surface area contributed by atoms with Crippen LogP contribution in [0.2, 0.25) is 5.15 Å². The van der Waals surface area contributed by atoms with Crippen molar-refractivity contribution >= 4 is 17.4 Å². The molecule has 0 amide bonds. The Morgan fingerprint density at radius 1 is 1.37 bits per heavy atom. The van der Waals surface area contributed by atoms with Crippen LogP contribution in [0.25, 0.3) is 0 Å². The molecule has 0 spiro atoms. The number of imidazole rings is 1. The Morgan fingerprint density at radius 2 is 2.11 bits per heavy atom. The molecule has 0 saturated carbocycles. The number of aryl methyl sites for hydroxylation is 2. The largest absolute Gasteiger partial charge is 0.352 e. The zero-order valence-corrected chi connectivity index (χ0v) is 12.4. The SMILES string of the molecule is CCc1cc(N(C)Cc2ncc(Cl)n2C)nc(C)n1. The molecule has 0 atom stereocenters. The summed E-state index contributed by atoms with van der Waals surface area (Å²) >= 11 is 5.99. The van der Waals surface area contributed by atoms with Gasteiger partial charge in [-0.15, -0.1) is 0 Å². The summed E-state index contributed by atoms with van der Waals surface area (Å²) < 4.78 is 1.87. The predicted octanol–water partition coefficient (Wildman–Crippen LogP) is 2.37. The first-order valence-electron chi connectivity index (χ1n) is 6.23. The van der Waals surface area contributed by atoms with Gasteiger partial charge >= 0.3 is 0 Å². The van der Waals surface area contributed by atoms with Crippen LogP contribution in [0.4, 0.5) is 5.82 Å². The van der Waals surface area contributed by atoms with Crippen LogP contribution in [-0.4, -0.2) is 26.6 Å². The molecule has 0 saturated heterocycles. The monoisotopic (exact) mass is 279 g/mol. The third-order valence-electron chi connectivity index (χ3n) is 3.04. The lowest BCUT2D eigenvalue weighted by Gasteiger charge is -2.18. The fourth-order valence-electron chi connectivity index (χ4n) is 1.85. The predicted molar refractivity (Wildman–Crippen MR) is 76.5 cm³/mol. The maximum atomic E-state index is 5.99. The summed E-state index contributed by atoms with van der Waals surface area (Å²) in [6.45, 7) is 4.65. The average molecular weight is 280 g/mol. The van der Waals surface area contributed by atoms with Gasteiger partial charge in [0.05, 0.1) is 12.7 Å². The number of hydrogen-bond acceptors (Lipinski definition) is 4. The van der Waals surface area contributed by atoms with E-state index in [1.807, 2.05) is 36.6 Å². The van der Waals surface area contributed by atoms with Crippen LogP contribution in [0.5, 0.6) is 0 Å². The van der Waals surface area contributed by atoms with Crippen molar-refractivity contribution in [3.8, 4) is 0 Å². The van der Waals surface area contributed by atoms with Gasteiger partial charge in [0.25, 0.3) is 0 Å². The summed E-state index contributed by atoms with van der Waals surface area (Å²) in [7, 11) is 3.89. The summed E-state index contributed by atoms with van der Waals surface area (Å²) in [6, 6.07) is 2.01. The third kappa shape index (κ3) is 3.04. The Labute approximate surface area is 118 Å². The summed E-state index contributed by atoms with van der Waals surface area (Å²) in [4.78, 5) is 15.2. The van der Waals surface area contributed by atoms with Crippen molar-refractivity contribution in [3.05, 3.63) is 34.8 Å². The molecular formula is C13H18ClN5. The number of hydrogen-bond donors (Lipinski definition) is 0. The fourth-order valence-corrected chi connectivity index (χ4v) is 2.00. The summed E-state index contributed by atoms with van der Waals surface area (Å²) in [6.07, 6.45) is 2.56. The van der Waals surface area contributed by atoms with Crippen molar-refractivity contribution < 1.29 is 0 Å². The maximum Gasteiger partial charge on any atom is 0.132 e. The molecule has 2 rings (SSSR count). The molecular weight excluding hydrogens is 262 g/mol. The van der Waals surface area contributed by atoms with E-state index in [2.05, 4.69) is 21.9 Å². The van der Waals surface area contributed by atoms with Gasteiger partial charge in [-0.3, -0.25) is 0 Å². The van der Waals surface area contributed by atoms with Gasteiger partial charge < -0.3 is 9.47 Å². The summed E-state index contributed by atoms with van der Waals surface area (Å²) in [5.74, 6) is 2.60. The molecule has 0 aliphatic rings. The highest BCUT2D eigenvalue weighted by Gasteiger charge is 2.10. The molecule has 0 aliphatic heterocycles. The number of nitrogens with zero attached hydrogens (tertiary/aromatic N) is 5. The van der Waals surface area contributed by atoms with E-state index in [0.29, 0.717) is 11.7 Å². The van der Waals surface area contributed by atoms with Gasteiger partial charge in [-0.05, 0) is 13.3 Å². The Morgan fingerprint density at radius 3 is 2.68 bits per heavy atom. The van der Waals surface area contributed by atoms with Crippen molar-refractivity contribution in [3.63, 3.8) is 0 Å². The molecule has 0 bridgehead atoms. The van der Waals surface area contributed by atoms with Crippen molar-refractivity contribution in [2.24, 2.45) is 7.05 Å². The van der Waals surface area contributed by atoms with E-state index in [9.17, 15) is 0 Å². The molecule has 19 heavy (non-hydrogen) atoms. The topological polar surface area (TPSA) is 46.8 Å². The summed E-state index contributed by atoms with van der Waals surface area (Å²) in [5.41, 5.74) is 1.05. The van der Waals surface area contributed by atoms with Gasteiger partial charge in [0, 0.05) is 25.9 Å². The molecule has 2 heterocycles. The lowest BCUT2D eigenvalue weighted by Crippen LogP contribution is -2.21. The van der Waals surface area contributed by atoms with Crippen LogP contribution in [0, 0.1) is 6.92 Å². The zero-order valence-electron chi connectivity index (χ0n) is 11.7. The molecule has 2 aromatic rings. The van der Waals surface area contributed by atoms with Gasteiger partial charge in [-0.2, -0.15) is 0 Å². The van der Waals surface area contributed by atoms with Crippen LogP contribution in [0.3, 0.4) is 0 Å². The lowest BCUT2D eigenvalue weighted by atomic mass is 10.3. The Kier molecular flexibility index (Phi) is 4.04. The average Bonchev–Trinajstić information content (AvgIpc) is 2.70. The molecule has 0 fully saturated rings. The molecule has 0 aliphatic carbocycles. The zero-order chi connectivity index (χ0) is 14.0. The first-order valence-corrected chi connectivity index (χ1v) is 6.60. The molecule has 5 nitrogen and oxygen atoms in total. The van der Waals surface area contributed by atoms with Gasteiger partial charge in [-0.25, -0.2) is 15.0 Å². The molecule has 102 valence electrons. The smallest absolute Gasteiger partial charge is 0.132 e. The Bertz CT molecular complexity index is 578. The number of rotatable bonds is 4. The Hall–Kier alpha value is -1.62. The number of anilines is 1. The lowest BCUT2D eigenvalue weighted by molar-refractivity contribution is 0.751. The highest BCUT2D eigenvalue weighted by Crippen LogP contribution is 2.16. The molecule has 0 N–H and O–H groups in total. The van der Waals surface area contributed by atoms with Crippen molar-refractivity contribution in [2.75, 3.05) is 11.9 Å². The van der Waals surface area contributed by atoms with Gasteiger partial charge in [0.2, 0.25) is 0 Å². The van der Waals surface area contributed by atoms with Gasteiger partial charge in [0.1, 0.15) is 22.6 Å². The normalized spacial score (nSPS) is 10.8.